The quantitative estimate of drug-likeness (QED) is 0.860. The summed E-state index contributed by atoms with van der Waals surface area (Å²) < 4.78 is 0. The highest BCUT2D eigenvalue weighted by Gasteiger charge is 2.41. The van der Waals surface area contributed by atoms with E-state index in [1.54, 1.807) is 0 Å². The fourth-order valence-electron chi connectivity index (χ4n) is 4.85. The smallest absolute Gasteiger partial charge is 0.0309 e. The van der Waals surface area contributed by atoms with Gasteiger partial charge in [-0.1, -0.05) is 19.8 Å². The van der Waals surface area contributed by atoms with Gasteiger partial charge in [-0.2, -0.15) is 0 Å². The maximum absolute atomic E-state index is 3.93. The SMILES string of the molecule is CCC1CNC2(CCCC2)CN1CC1CCN(C(C)C)C1. The molecular formula is C18H35N3. The van der Waals surface area contributed by atoms with Crippen molar-refractivity contribution in [2.24, 2.45) is 5.92 Å². The van der Waals surface area contributed by atoms with Gasteiger partial charge in [0.05, 0.1) is 0 Å². The lowest BCUT2D eigenvalue weighted by Crippen LogP contribution is -2.63. The number of likely N-dealkylation sites (tertiary alicyclic amines) is 1. The zero-order valence-corrected chi connectivity index (χ0v) is 14.4. The van der Waals surface area contributed by atoms with Crippen LogP contribution in [0.3, 0.4) is 0 Å². The van der Waals surface area contributed by atoms with Gasteiger partial charge >= 0.3 is 0 Å². The number of piperazine rings is 1. The van der Waals surface area contributed by atoms with Gasteiger partial charge in [0, 0.05) is 43.8 Å². The molecule has 1 saturated carbocycles. The lowest BCUT2D eigenvalue weighted by molar-refractivity contribution is 0.0643. The van der Waals surface area contributed by atoms with Crippen molar-refractivity contribution in [1.82, 2.24) is 15.1 Å². The zero-order valence-electron chi connectivity index (χ0n) is 14.4. The van der Waals surface area contributed by atoms with Gasteiger partial charge in [0.2, 0.25) is 0 Å². The van der Waals surface area contributed by atoms with E-state index in [2.05, 4.69) is 35.9 Å². The van der Waals surface area contributed by atoms with E-state index >= 15 is 0 Å². The average molecular weight is 293 g/mol. The molecule has 1 spiro atoms. The Hall–Kier alpha value is -0.120. The van der Waals surface area contributed by atoms with Crippen LogP contribution in [0.15, 0.2) is 0 Å². The molecule has 3 aliphatic rings. The van der Waals surface area contributed by atoms with Crippen LogP contribution < -0.4 is 5.32 Å². The molecule has 0 aromatic carbocycles. The molecule has 0 amide bonds. The van der Waals surface area contributed by atoms with Gasteiger partial charge in [0.15, 0.2) is 0 Å². The molecule has 21 heavy (non-hydrogen) atoms. The van der Waals surface area contributed by atoms with Crippen molar-refractivity contribution in [3.63, 3.8) is 0 Å². The van der Waals surface area contributed by atoms with E-state index < -0.39 is 0 Å². The van der Waals surface area contributed by atoms with Crippen LogP contribution >= 0.6 is 0 Å². The molecule has 3 fully saturated rings. The van der Waals surface area contributed by atoms with Crippen molar-refractivity contribution in [2.75, 3.05) is 32.7 Å². The van der Waals surface area contributed by atoms with Crippen molar-refractivity contribution in [1.29, 1.82) is 0 Å². The molecular weight excluding hydrogens is 258 g/mol. The highest BCUT2D eigenvalue weighted by Crippen LogP contribution is 2.34. The number of nitrogens with one attached hydrogen (secondary N) is 1. The Labute approximate surface area is 131 Å². The molecule has 3 heteroatoms. The van der Waals surface area contributed by atoms with Gasteiger partial charge in [0.25, 0.3) is 0 Å². The maximum Gasteiger partial charge on any atom is 0.0309 e. The van der Waals surface area contributed by atoms with Crippen LogP contribution in [0.4, 0.5) is 0 Å². The predicted octanol–water partition coefficient (Wildman–Crippen LogP) is 2.71. The monoisotopic (exact) mass is 293 g/mol. The third-order valence-corrected chi connectivity index (χ3v) is 6.31. The first-order valence-electron chi connectivity index (χ1n) is 9.35. The van der Waals surface area contributed by atoms with Gasteiger partial charge in [-0.3, -0.25) is 4.90 Å². The van der Waals surface area contributed by atoms with E-state index in [9.17, 15) is 0 Å². The van der Waals surface area contributed by atoms with Gasteiger partial charge < -0.3 is 10.2 Å². The van der Waals surface area contributed by atoms with Crippen molar-refractivity contribution in [3.05, 3.63) is 0 Å². The normalized spacial score (nSPS) is 34.3. The van der Waals surface area contributed by atoms with Gasteiger partial charge in [-0.05, 0) is 52.0 Å². The minimum atomic E-state index is 0.474. The molecule has 2 aliphatic heterocycles. The Morgan fingerprint density at radius 3 is 2.62 bits per heavy atom. The Morgan fingerprint density at radius 2 is 2.00 bits per heavy atom. The molecule has 1 aliphatic carbocycles. The summed E-state index contributed by atoms with van der Waals surface area (Å²) >= 11 is 0. The molecule has 2 saturated heterocycles. The molecule has 0 aromatic rings. The third kappa shape index (κ3) is 3.46. The fraction of sp³-hybridized carbons (Fsp3) is 1.00. The standard InChI is InChI=1S/C18H35N3/c1-4-17-11-19-18(8-5-6-9-18)14-21(17)13-16-7-10-20(12-16)15(2)3/h15-17,19H,4-14H2,1-3H3. The Morgan fingerprint density at radius 1 is 1.24 bits per heavy atom. The molecule has 122 valence electrons. The largest absolute Gasteiger partial charge is 0.308 e. The fourth-order valence-corrected chi connectivity index (χ4v) is 4.85. The second-order valence-corrected chi connectivity index (χ2v) is 8.10. The Bertz CT molecular complexity index is 335. The number of hydrogen-bond acceptors (Lipinski definition) is 3. The third-order valence-electron chi connectivity index (χ3n) is 6.31. The second-order valence-electron chi connectivity index (χ2n) is 8.10. The highest BCUT2D eigenvalue weighted by atomic mass is 15.3. The van der Waals surface area contributed by atoms with Crippen LogP contribution in [-0.2, 0) is 0 Å². The lowest BCUT2D eigenvalue weighted by Gasteiger charge is -2.47. The average Bonchev–Trinajstić information content (AvgIpc) is 3.09. The van der Waals surface area contributed by atoms with Crippen LogP contribution in [0.5, 0.6) is 0 Å². The van der Waals surface area contributed by atoms with Crippen LogP contribution in [-0.4, -0.2) is 60.1 Å². The maximum atomic E-state index is 3.93. The van der Waals surface area contributed by atoms with Crippen molar-refractivity contribution in [2.45, 2.75) is 76.9 Å². The van der Waals surface area contributed by atoms with Crippen molar-refractivity contribution < 1.29 is 0 Å². The Balaban J connectivity index is 1.59. The molecule has 1 N–H and O–H groups in total. The molecule has 0 aromatic heterocycles. The van der Waals surface area contributed by atoms with E-state index in [0.717, 1.165) is 18.0 Å². The summed E-state index contributed by atoms with van der Waals surface area (Å²) in [7, 11) is 0. The molecule has 3 nitrogen and oxygen atoms in total. The van der Waals surface area contributed by atoms with Gasteiger partial charge in [-0.25, -0.2) is 0 Å². The number of rotatable bonds is 4. The molecule has 0 bridgehead atoms. The highest BCUT2D eigenvalue weighted by molar-refractivity contribution is 5.01. The molecule has 0 radical (unpaired) electrons. The first-order valence-corrected chi connectivity index (χ1v) is 9.35. The molecule has 3 rings (SSSR count). The van der Waals surface area contributed by atoms with Crippen LogP contribution in [0, 0.1) is 5.92 Å². The van der Waals surface area contributed by atoms with Crippen molar-refractivity contribution >= 4 is 0 Å². The van der Waals surface area contributed by atoms with E-state index in [1.165, 1.54) is 71.2 Å². The van der Waals surface area contributed by atoms with Crippen LogP contribution in [0.2, 0.25) is 0 Å². The number of hydrogen-bond donors (Lipinski definition) is 1. The van der Waals surface area contributed by atoms with Crippen LogP contribution in [0.1, 0.15) is 59.3 Å². The minimum Gasteiger partial charge on any atom is -0.308 e. The van der Waals surface area contributed by atoms with Crippen molar-refractivity contribution in [3.8, 4) is 0 Å². The summed E-state index contributed by atoms with van der Waals surface area (Å²) in [5, 5.41) is 3.93. The predicted molar refractivity (Wildman–Crippen MR) is 89.7 cm³/mol. The first-order chi connectivity index (χ1) is 10.1. The first kappa shape index (κ1) is 15.8. The molecule has 2 atom stereocenters. The molecule has 2 heterocycles. The minimum absolute atomic E-state index is 0.474. The summed E-state index contributed by atoms with van der Waals surface area (Å²) in [4.78, 5) is 5.52. The van der Waals surface area contributed by atoms with E-state index in [4.69, 9.17) is 0 Å². The van der Waals surface area contributed by atoms with Gasteiger partial charge in [0.1, 0.15) is 0 Å². The lowest BCUT2D eigenvalue weighted by atomic mass is 9.90. The summed E-state index contributed by atoms with van der Waals surface area (Å²) in [5.41, 5.74) is 0.474. The van der Waals surface area contributed by atoms with Gasteiger partial charge in [-0.15, -0.1) is 0 Å². The summed E-state index contributed by atoms with van der Waals surface area (Å²) in [6.07, 6.45) is 8.38. The topological polar surface area (TPSA) is 18.5 Å². The van der Waals surface area contributed by atoms with E-state index in [-0.39, 0.29) is 0 Å². The second kappa shape index (κ2) is 6.55. The summed E-state index contributed by atoms with van der Waals surface area (Å²) in [6, 6.07) is 1.49. The van der Waals surface area contributed by atoms with E-state index in [1.807, 2.05) is 0 Å². The molecule has 2 unspecified atom stereocenters. The summed E-state index contributed by atoms with van der Waals surface area (Å²) in [6.45, 7) is 13.6. The van der Waals surface area contributed by atoms with Crippen LogP contribution in [0.25, 0.3) is 0 Å². The van der Waals surface area contributed by atoms with E-state index in [0.29, 0.717) is 5.54 Å². The zero-order chi connectivity index (χ0) is 14.9. The Kier molecular flexibility index (Phi) is 4.92. The summed E-state index contributed by atoms with van der Waals surface area (Å²) in [5.74, 6) is 0.901. The number of nitrogens with zero attached hydrogens (tertiary/aromatic N) is 2.